The second kappa shape index (κ2) is 7.00. The van der Waals surface area contributed by atoms with Crippen molar-refractivity contribution in [3.8, 4) is 5.75 Å². The van der Waals surface area contributed by atoms with Gasteiger partial charge in [-0.3, -0.25) is 0 Å². The quantitative estimate of drug-likeness (QED) is 0.836. The van der Waals surface area contributed by atoms with Crippen LogP contribution >= 0.6 is 0 Å². The Hall–Kier alpha value is -2.44. The van der Waals surface area contributed by atoms with Gasteiger partial charge in [0, 0.05) is 5.69 Å². The Balaban J connectivity index is 2.51. The fraction of sp³-hybridized carbons (Fsp3) is 0.273. The molecule has 0 fully saturated rings. The Morgan fingerprint density at radius 1 is 1.22 bits per heavy atom. The lowest BCUT2D eigenvalue weighted by Crippen LogP contribution is -2.06. The number of hydrogen-bond donors (Lipinski definition) is 1. The highest BCUT2D eigenvalue weighted by Crippen LogP contribution is 2.14. The molecule has 7 nitrogen and oxygen atoms in total. The van der Waals surface area contributed by atoms with Gasteiger partial charge in [-0.1, -0.05) is 10.2 Å². The first-order chi connectivity index (χ1) is 8.65. The van der Waals surface area contributed by atoms with Crippen molar-refractivity contribution >= 4 is 17.8 Å². The van der Waals surface area contributed by atoms with E-state index in [1.54, 1.807) is 38.3 Å². The molecular weight excluding hydrogens is 238 g/mol. The van der Waals surface area contributed by atoms with Gasteiger partial charge >= 0.3 is 12.1 Å². The summed E-state index contributed by atoms with van der Waals surface area (Å²) in [5.41, 5.74) is 0.517. The van der Waals surface area contributed by atoms with E-state index in [4.69, 9.17) is 4.74 Å². The molecule has 0 aliphatic rings. The molecule has 0 aliphatic carbocycles. The van der Waals surface area contributed by atoms with Crippen molar-refractivity contribution in [1.29, 1.82) is 0 Å². The zero-order chi connectivity index (χ0) is 13.4. The fourth-order valence-electron chi connectivity index (χ4n) is 1.06. The standard InChI is InChI=1S/C11H13N3O4/c1-3-18-11(16)14-13-10(15)12-8-4-6-9(17-2)7-5-8/h4-7H,3H2,1-2H3,(H,12,15). The van der Waals surface area contributed by atoms with E-state index in [1.807, 2.05) is 0 Å². The first-order valence-corrected chi connectivity index (χ1v) is 5.19. The first kappa shape index (κ1) is 13.6. The van der Waals surface area contributed by atoms with E-state index in [0.29, 0.717) is 11.4 Å². The molecule has 0 unspecified atom stereocenters. The van der Waals surface area contributed by atoms with E-state index in [1.165, 1.54) is 0 Å². The number of azo groups is 1. The summed E-state index contributed by atoms with van der Waals surface area (Å²) in [7, 11) is 1.54. The lowest BCUT2D eigenvalue weighted by Gasteiger charge is -2.02. The molecule has 0 saturated heterocycles. The van der Waals surface area contributed by atoms with Crippen LogP contribution in [-0.2, 0) is 4.74 Å². The number of hydrogen-bond acceptors (Lipinski definition) is 4. The Labute approximate surface area is 104 Å². The van der Waals surface area contributed by atoms with Crippen LogP contribution in [0.1, 0.15) is 6.92 Å². The third-order valence-electron chi connectivity index (χ3n) is 1.83. The SMILES string of the molecule is CCOC(=O)N=NC(=O)Nc1ccc(OC)cc1. The van der Waals surface area contributed by atoms with E-state index in [0.717, 1.165) is 0 Å². The Bertz CT molecular complexity index is 442. The summed E-state index contributed by atoms with van der Waals surface area (Å²) in [6.45, 7) is 1.81. The number of amides is 3. The van der Waals surface area contributed by atoms with E-state index in [-0.39, 0.29) is 6.61 Å². The minimum absolute atomic E-state index is 0.179. The normalized spacial score (nSPS) is 10.1. The summed E-state index contributed by atoms with van der Waals surface area (Å²) >= 11 is 0. The zero-order valence-corrected chi connectivity index (χ0v) is 10.0. The average Bonchev–Trinajstić information content (AvgIpc) is 2.38. The molecule has 0 bridgehead atoms. The molecule has 1 aromatic rings. The maximum absolute atomic E-state index is 11.3. The van der Waals surface area contributed by atoms with Gasteiger partial charge in [-0.05, 0) is 31.2 Å². The number of anilines is 1. The van der Waals surface area contributed by atoms with Gasteiger partial charge in [0.15, 0.2) is 0 Å². The average molecular weight is 251 g/mol. The lowest BCUT2D eigenvalue weighted by atomic mass is 10.3. The van der Waals surface area contributed by atoms with Crippen LogP contribution in [0.3, 0.4) is 0 Å². The van der Waals surface area contributed by atoms with Crippen molar-refractivity contribution in [2.24, 2.45) is 10.2 Å². The molecule has 0 atom stereocenters. The Morgan fingerprint density at radius 2 is 1.89 bits per heavy atom. The minimum Gasteiger partial charge on any atom is -0.497 e. The number of ether oxygens (including phenoxy) is 2. The Kier molecular flexibility index (Phi) is 5.30. The van der Waals surface area contributed by atoms with Gasteiger partial charge in [0.2, 0.25) is 0 Å². The van der Waals surface area contributed by atoms with Crippen molar-refractivity contribution in [3.63, 3.8) is 0 Å². The van der Waals surface area contributed by atoms with Crippen LogP contribution in [0, 0.1) is 0 Å². The van der Waals surface area contributed by atoms with Gasteiger partial charge in [0.05, 0.1) is 13.7 Å². The monoisotopic (exact) mass is 251 g/mol. The van der Waals surface area contributed by atoms with Crippen molar-refractivity contribution in [3.05, 3.63) is 24.3 Å². The van der Waals surface area contributed by atoms with Crippen molar-refractivity contribution in [2.75, 3.05) is 19.0 Å². The smallest absolute Gasteiger partial charge is 0.452 e. The van der Waals surface area contributed by atoms with Crippen LogP contribution in [0.15, 0.2) is 34.5 Å². The van der Waals surface area contributed by atoms with Crippen LogP contribution < -0.4 is 10.1 Å². The summed E-state index contributed by atoms with van der Waals surface area (Å²) in [4.78, 5) is 22.1. The molecule has 1 aromatic carbocycles. The third-order valence-corrected chi connectivity index (χ3v) is 1.83. The molecule has 0 aliphatic heterocycles. The molecule has 0 radical (unpaired) electrons. The molecular formula is C11H13N3O4. The van der Waals surface area contributed by atoms with E-state index >= 15 is 0 Å². The number of urea groups is 1. The molecule has 96 valence electrons. The number of rotatable bonds is 3. The van der Waals surface area contributed by atoms with Crippen molar-refractivity contribution in [2.45, 2.75) is 6.92 Å². The topological polar surface area (TPSA) is 89.4 Å². The molecule has 3 amide bonds. The fourth-order valence-corrected chi connectivity index (χ4v) is 1.06. The van der Waals surface area contributed by atoms with E-state index in [9.17, 15) is 9.59 Å². The number of carbonyl (C=O) groups is 2. The van der Waals surface area contributed by atoms with Gasteiger partial charge in [0.1, 0.15) is 5.75 Å². The summed E-state index contributed by atoms with van der Waals surface area (Å²) in [6.07, 6.45) is -0.901. The van der Waals surface area contributed by atoms with Crippen LogP contribution in [0.25, 0.3) is 0 Å². The summed E-state index contributed by atoms with van der Waals surface area (Å²) in [6, 6.07) is 5.87. The number of benzene rings is 1. The van der Waals surface area contributed by atoms with Crippen LogP contribution in [0.2, 0.25) is 0 Å². The largest absolute Gasteiger partial charge is 0.497 e. The molecule has 0 aromatic heterocycles. The maximum Gasteiger partial charge on any atom is 0.452 e. The van der Waals surface area contributed by atoms with Gasteiger partial charge in [-0.15, -0.1) is 0 Å². The summed E-state index contributed by atoms with van der Waals surface area (Å²) in [5.74, 6) is 0.668. The van der Waals surface area contributed by atoms with Crippen LogP contribution in [0.5, 0.6) is 5.75 Å². The number of nitrogens with one attached hydrogen (secondary N) is 1. The Morgan fingerprint density at radius 3 is 2.44 bits per heavy atom. The van der Waals surface area contributed by atoms with Gasteiger partial charge < -0.3 is 14.8 Å². The molecule has 1 N–H and O–H groups in total. The number of nitrogens with zero attached hydrogens (tertiary/aromatic N) is 2. The van der Waals surface area contributed by atoms with E-state index < -0.39 is 12.1 Å². The minimum atomic E-state index is -0.901. The lowest BCUT2D eigenvalue weighted by molar-refractivity contribution is 0.161. The molecule has 1 rings (SSSR count). The first-order valence-electron chi connectivity index (χ1n) is 5.19. The second-order valence-corrected chi connectivity index (χ2v) is 3.06. The van der Waals surface area contributed by atoms with E-state index in [2.05, 4.69) is 20.3 Å². The molecule has 0 heterocycles. The van der Waals surface area contributed by atoms with Crippen molar-refractivity contribution < 1.29 is 19.1 Å². The summed E-state index contributed by atoms with van der Waals surface area (Å²) < 4.78 is 9.44. The highest BCUT2D eigenvalue weighted by molar-refractivity contribution is 5.90. The predicted molar refractivity (Wildman–Crippen MR) is 63.9 cm³/mol. The van der Waals surface area contributed by atoms with Gasteiger partial charge in [0.25, 0.3) is 0 Å². The maximum atomic E-state index is 11.3. The predicted octanol–water partition coefficient (Wildman–Crippen LogP) is 2.84. The molecule has 7 heteroatoms. The van der Waals surface area contributed by atoms with Gasteiger partial charge in [-0.25, -0.2) is 9.59 Å². The highest BCUT2D eigenvalue weighted by Gasteiger charge is 2.02. The second-order valence-electron chi connectivity index (χ2n) is 3.06. The summed E-state index contributed by atoms with van der Waals surface area (Å²) in [5, 5.41) is 8.65. The number of carbonyl (C=O) groups excluding carboxylic acids is 2. The van der Waals surface area contributed by atoms with Crippen LogP contribution in [-0.4, -0.2) is 25.8 Å². The van der Waals surface area contributed by atoms with Gasteiger partial charge in [-0.2, -0.15) is 0 Å². The highest BCUT2D eigenvalue weighted by atomic mass is 16.5. The van der Waals surface area contributed by atoms with Crippen molar-refractivity contribution in [1.82, 2.24) is 0 Å². The van der Waals surface area contributed by atoms with Crippen LogP contribution in [0.4, 0.5) is 15.3 Å². The zero-order valence-electron chi connectivity index (χ0n) is 10.0. The molecule has 0 saturated carbocycles. The molecule has 18 heavy (non-hydrogen) atoms. The third kappa shape index (κ3) is 4.60. The molecule has 0 spiro atoms. The number of methoxy groups -OCH3 is 1.